The number of amides is 2. The summed E-state index contributed by atoms with van der Waals surface area (Å²) in [6.07, 6.45) is 14.9. The van der Waals surface area contributed by atoms with Gasteiger partial charge in [0.05, 0.1) is 6.54 Å². The molecule has 1 saturated carbocycles. The standard InChI is InChI=1S/C23H39N3O2/c27-21-9-4-5-14-25(21)17-22(28)26-16-12-23(19-26)11-6-13-24(18-23)15-10-20-7-2-1-3-8-20/h20H,1-19H2/t23-/m1/s1. The smallest absolute Gasteiger partial charge is 0.242 e. The van der Waals surface area contributed by atoms with E-state index in [1.807, 2.05) is 0 Å². The molecular weight excluding hydrogens is 350 g/mol. The van der Waals surface area contributed by atoms with E-state index in [1.165, 1.54) is 71.0 Å². The Labute approximate surface area is 170 Å². The molecule has 5 nitrogen and oxygen atoms in total. The van der Waals surface area contributed by atoms with Crippen LogP contribution in [0.4, 0.5) is 0 Å². The first-order valence-corrected chi connectivity index (χ1v) is 11.9. The lowest BCUT2D eigenvalue weighted by Gasteiger charge is -2.41. The van der Waals surface area contributed by atoms with Crippen LogP contribution in [0.5, 0.6) is 0 Å². The van der Waals surface area contributed by atoms with Crippen LogP contribution in [0.1, 0.15) is 77.0 Å². The van der Waals surface area contributed by atoms with Gasteiger partial charge in [0.15, 0.2) is 0 Å². The maximum atomic E-state index is 12.8. The van der Waals surface area contributed by atoms with Gasteiger partial charge in [0, 0.05) is 38.0 Å². The van der Waals surface area contributed by atoms with Gasteiger partial charge in [-0.05, 0) is 57.5 Å². The van der Waals surface area contributed by atoms with Crippen LogP contribution in [-0.2, 0) is 9.59 Å². The number of carbonyl (C=O) groups is 2. The maximum Gasteiger partial charge on any atom is 0.242 e. The minimum atomic E-state index is 0.167. The van der Waals surface area contributed by atoms with Gasteiger partial charge in [0.25, 0.3) is 0 Å². The molecule has 2 amide bonds. The van der Waals surface area contributed by atoms with E-state index >= 15 is 0 Å². The Morgan fingerprint density at radius 2 is 1.79 bits per heavy atom. The summed E-state index contributed by atoms with van der Waals surface area (Å²) in [6.45, 7) is 6.53. The molecule has 3 saturated heterocycles. The van der Waals surface area contributed by atoms with Gasteiger partial charge in [-0.15, -0.1) is 0 Å². The molecular formula is C23H39N3O2. The highest BCUT2D eigenvalue weighted by Crippen LogP contribution is 2.39. The summed E-state index contributed by atoms with van der Waals surface area (Å²) >= 11 is 0. The zero-order valence-corrected chi connectivity index (χ0v) is 17.7. The normalized spacial score (nSPS) is 30.4. The van der Waals surface area contributed by atoms with Crippen molar-refractivity contribution >= 4 is 11.8 Å². The second-order valence-electron chi connectivity index (χ2n) is 10.0. The SMILES string of the molecule is O=C1CCCCN1CC(=O)N1CC[C@@]2(CCCN(CCC3CCCCC3)C2)C1. The number of likely N-dealkylation sites (tertiary alicyclic amines) is 3. The Bertz CT molecular complexity index is 560. The highest BCUT2D eigenvalue weighted by Gasteiger charge is 2.43. The molecule has 4 aliphatic rings. The fourth-order valence-corrected chi connectivity index (χ4v) is 6.12. The van der Waals surface area contributed by atoms with Crippen molar-refractivity contribution in [1.29, 1.82) is 0 Å². The van der Waals surface area contributed by atoms with Crippen LogP contribution in [0.2, 0.25) is 0 Å². The average Bonchev–Trinajstić information content (AvgIpc) is 3.12. The van der Waals surface area contributed by atoms with Gasteiger partial charge in [-0.25, -0.2) is 0 Å². The van der Waals surface area contributed by atoms with Crippen LogP contribution in [0.15, 0.2) is 0 Å². The van der Waals surface area contributed by atoms with E-state index in [2.05, 4.69) is 9.80 Å². The summed E-state index contributed by atoms with van der Waals surface area (Å²) in [5.74, 6) is 1.29. The third-order valence-electron chi connectivity index (χ3n) is 7.86. The first kappa shape index (κ1) is 20.2. The van der Waals surface area contributed by atoms with Gasteiger partial charge in [-0.1, -0.05) is 32.1 Å². The molecule has 1 spiro atoms. The van der Waals surface area contributed by atoms with E-state index in [-0.39, 0.29) is 11.8 Å². The van der Waals surface area contributed by atoms with Crippen molar-refractivity contribution < 1.29 is 9.59 Å². The minimum Gasteiger partial charge on any atom is -0.341 e. The molecule has 4 fully saturated rings. The molecule has 3 aliphatic heterocycles. The number of rotatable bonds is 5. The summed E-state index contributed by atoms with van der Waals surface area (Å²) in [6, 6.07) is 0. The quantitative estimate of drug-likeness (QED) is 0.725. The van der Waals surface area contributed by atoms with Crippen molar-refractivity contribution in [3.05, 3.63) is 0 Å². The molecule has 1 atom stereocenters. The van der Waals surface area contributed by atoms with E-state index in [0.29, 0.717) is 18.4 Å². The van der Waals surface area contributed by atoms with Crippen LogP contribution in [-0.4, -0.2) is 72.3 Å². The first-order valence-electron chi connectivity index (χ1n) is 11.9. The van der Waals surface area contributed by atoms with Crippen molar-refractivity contribution in [2.45, 2.75) is 77.0 Å². The van der Waals surface area contributed by atoms with Gasteiger partial charge in [-0.3, -0.25) is 9.59 Å². The lowest BCUT2D eigenvalue weighted by atomic mass is 9.79. The van der Waals surface area contributed by atoms with Crippen LogP contribution in [0.25, 0.3) is 0 Å². The molecule has 158 valence electrons. The van der Waals surface area contributed by atoms with E-state index in [0.717, 1.165) is 44.8 Å². The van der Waals surface area contributed by atoms with Gasteiger partial charge in [0.1, 0.15) is 0 Å². The largest absolute Gasteiger partial charge is 0.341 e. The molecule has 0 aromatic rings. The Kier molecular flexibility index (Phi) is 6.59. The van der Waals surface area contributed by atoms with Crippen molar-refractivity contribution in [3.8, 4) is 0 Å². The molecule has 1 aliphatic carbocycles. The van der Waals surface area contributed by atoms with Crippen molar-refractivity contribution in [1.82, 2.24) is 14.7 Å². The second-order valence-corrected chi connectivity index (χ2v) is 10.0. The number of nitrogens with zero attached hydrogens (tertiary/aromatic N) is 3. The Morgan fingerprint density at radius 3 is 2.61 bits per heavy atom. The summed E-state index contributed by atoms with van der Waals surface area (Å²) in [5, 5.41) is 0. The molecule has 4 rings (SSSR count). The third kappa shape index (κ3) is 4.90. The van der Waals surface area contributed by atoms with Gasteiger partial charge in [0.2, 0.25) is 11.8 Å². The van der Waals surface area contributed by atoms with Crippen LogP contribution < -0.4 is 0 Å². The highest BCUT2D eigenvalue weighted by atomic mass is 16.2. The molecule has 0 aromatic carbocycles. The van der Waals surface area contributed by atoms with Crippen LogP contribution >= 0.6 is 0 Å². The molecule has 5 heteroatoms. The monoisotopic (exact) mass is 389 g/mol. The Balaban J connectivity index is 1.25. The predicted molar refractivity (Wildman–Crippen MR) is 111 cm³/mol. The average molecular weight is 390 g/mol. The summed E-state index contributed by atoms with van der Waals surface area (Å²) in [5.41, 5.74) is 0.312. The Morgan fingerprint density at radius 1 is 0.929 bits per heavy atom. The molecule has 0 N–H and O–H groups in total. The molecule has 0 aromatic heterocycles. The minimum absolute atomic E-state index is 0.167. The lowest BCUT2D eigenvalue weighted by molar-refractivity contribution is -0.141. The molecule has 3 heterocycles. The second kappa shape index (κ2) is 9.15. The summed E-state index contributed by atoms with van der Waals surface area (Å²) in [4.78, 5) is 31.4. The van der Waals surface area contributed by atoms with E-state index in [1.54, 1.807) is 4.90 Å². The van der Waals surface area contributed by atoms with Gasteiger partial charge in [-0.2, -0.15) is 0 Å². The number of carbonyl (C=O) groups excluding carboxylic acids is 2. The first-order chi connectivity index (χ1) is 13.6. The maximum absolute atomic E-state index is 12.8. The number of hydrogen-bond donors (Lipinski definition) is 0. The molecule has 0 radical (unpaired) electrons. The molecule has 28 heavy (non-hydrogen) atoms. The summed E-state index contributed by atoms with van der Waals surface area (Å²) < 4.78 is 0. The third-order valence-corrected chi connectivity index (χ3v) is 7.86. The van der Waals surface area contributed by atoms with Gasteiger partial charge < -0.3 is 14.7 Å². The van der Waals surface area contributed by atoms with Gasteiger partial charge >= 0.3 is 0 Å². The fourth-order valence-electron chi connectivity index (χ4n) is 6.12. The van der Waals surface area contributed by atoms with Crippen molar-refractivity contribution in [3.63, 3.8) is 0 Å². The highest BCUT2D eigenvalue weighted by molar-refractivity contribution is 5.85. The van der Waals surface area contributed by atoms with E-state index in [4.69, 9.17) is 0 Å². The summed E-state index contributed by atoms with van der Waals surface area (Å²) in [7, 11) is 0. The Hall–Kier alpha value is -1.10. The van der Waals surface area contributed by atoms with E-state index in [9.17, 15) is 9.59 Å². The van der Waals surface area contributed by atoms with Crippen molar-refractivity contribution in [2.24, 2.45) is 11.3 Å². The van der Waals surface area contributed by atoms with Crippen LogP contribution in [0.3, 0.4) is 0 Å². The zero-order valence-electron chi connectivity index (χ0n) is 17.7. The van der Waals surface area contributed by atoms with E-state index < -0.39 is 0 Å². The molecule has 0 bridgehead atoms. The zero-order chi connectivity index (χ0) is 19.4. The fraction of sp³-hybridized carbons (Fsp3) is 0.913. The number of piperidine rings is 2. The predicted octanol–water partition coefficient (Wildman–Crippen LogP) is 3.28. The topological polar surface area (TPSA) is 43.9 Å². The van der Waals surface area contributed by atoms with Crippen LogP contribution in [0, 0.1) is 11.3 Å². The lowest BCUT2D eigenvalue weighted by Crippen LogP contribution is -2.47. The molecule has 0 unspecified atom stereocenters. The van der Waals surface area contributed by atoms with Crippen molar-refractivity contribution in [2.75, 3.05) is 45.8 Å². The number of hydrogen-bond acceptors (Lipinski definition) is 3.